The molecule has 1 aliphatic rings. The Morgan fingerprint density at radius 2 is 2.44 bits per heavy atom. The highest BCUT2D eigenvalue weighted by molar-refractivity contribution is 7.10. The molecule has 0 aliphatic heterocycles. The van der Waals surface area contributed by atoms with Crippen LogP contribution in [0.4, 0.5) is 5.69 Å². The van der Waals surface area contributed by atoms with E-state index in [-0.39, 0.29) is 11.9 Å². The molecule has 1 unspecified atom stereocenters. The lowest BCUT2D eigenvalue weighted by Gasteiger charge is -2.13. The fourth-order valence-electron chi connectivity index (χ4n) is 1.39. The van der Waals surface area contributed by atoms with E-state index in [2.05, 4.69) is 10.6 Å². The van der Waals surface area contributed by atoms with Gasteiger partial charge in [-0.1, -0.05) is 0 Å². The number of anilines is 1. The van der Waals surface area contributed by atoms with Crippen LogP contribution >= 0.6 is 11.3 Å². The fraction of sp³-hybridized carbons (Fsp3) is 0.545. The number of hydrogen-bond donors (Lipinski definition) is 3. The van der Waals surface area contributed by atoms with Crippen LogP contribution in [0.5, 0.6) is 0 Å². The summed E-state index contributed by atoms with van der Waals surface area (Å²) in [4.78, 5) is 12.7. The van der Waals surface area contributed by atoms with Crippen LogP contribution < -0.4 is 16.4 Å². The van der Waals surface area contributed by atoms with Crippen molar-refractivity contribution < 1.29 is 4.79 Å². The van der Waals surface area contributed by atoms with E-state index >= 15 is 0 Å². The van der Waals surface area contributed by atoms with E-state index in [4.69, 9.17) is 5.73 Å². The molecule has 1 atom stereocenters. The number of amides is 1. The molecule has 88 valence electrons. The Balaban J connectivity index is 1.76. The van der Waals surface area contributed by atoms with Crippen LogP contribution in [-0.4, -0.2) is 18.0 Å². The number of nitrogens with one attached hydrogen (secondary N) is 2. The highest BCUT2D eigenvalue weighted by atomic mass is 32.1. The van der Waals surface area contributed by atoms with Crippen molar-refractivity contribution >= 4 is 22.9 Å². The average Bonchev–Trinajstić information content (AvgIpc) is 2.97. The van der Waals surface area contributed by atoms with E-state index in [0.717, 1.165) is 23.4 Å². The molecule has 5 heteroatoms. The van der Waals surface area contributed by atoms with Gasteiger partial charge >= 0.3 is 0 Å². The molecule has 1 aliphatic carbocycles. The summed E-state index contributed by atoms with van der Waals surface area (Å²) >= 11 is 1.61. The molecule has 1 saturated carbocycles. The van der Waals surface area contributed by atoms with Crippen molar-refractivity contribution in [2.75, 3.05) is 5.73 Å². The van der Waals surface area contributed by atoms with Crippen molar-refractivity contribution in [1.82, 2.24) is 10.6 Å². The maximum Gasteiger partial charge on any atom is 0.237 e. The maximum absolute atomic E-state index is 11.6. The van der Waals surface area contributed by atoms with E-state index < -0.39 is 0 Å². The summed E-state index contributed by atoms with van der Waals surface area (Å²) in [6.45, 7) is 2.53. The summed E-state index contributed by atoms with van der Waals surface area (Å²) in [6.07, 6.45) is 2.24. The van der Waals surface area contributed by atoms with E-state index in [1.165, 1.54) is 0 Å². The van der Waals surface area contributed by atoms with Gasteiger partial charge in [0, 0.05) is 23.2 Å². The predicted octanol–water partition coefficient (Wildman–Crippen LogP) is 1.09. The van der Waals surface area contributed by atoms with Crippen LogP contribution in [0, 0.1) is 0 Å². The Labute approximate surface area is 99.2 Å². The lowest BCUT2D eigenvalue weighted by Crippen LogP contribution is -2.42. The van der Waals surface area contributed by atoms with Gasteiger partial charge in [-0.15, -0.1) is 11.3 Å². The van der Waals surface area contributed by atoms with Gasteiger partial charge in [-0.3, -0.25) is 4.79 Å². The SMILES string of the molecule is CC(NCc1sccc1N)C(=O)NC1CC1. The van der Waals surface area contributed by atoms with Crippen molar-refractivity contribution in [3.63, 3.8) is 0 Å². The van der Waals surface area contributed by atoms with E-state index in [0.29, 0.717) is 12.6 Å². The number of hydrogen-bond acceptors (Lipinski definition) is 4. The van der Waals surface area contributed by atoms with Crippen LogP contribution in [0.3, 0.4) is 0 Å². The largest absolute Gasteiger partial charge is 0.398 e. The third-order valence-corrected chi connectivity index (χ3v) is 3.60. The van der Waals surface area contributed by atoms with E-state index in [9.17, 15) is 4.79 Å². The molecule has 0 saturated heterocycles. The molecular weight excluding hydrogens is 222 g/mol. The topological polar surface area (TPSA) is 67.1 Å². The number of carbonyl (C=O) groups excluding carboxylic acids is 1. The van der Waals surface area contributed by atoms with Crippen LogP contribution in [0.1, 0.15) is 24.6 Å². The summed E-state index contributed by atoms with van der Waals surface area (Å²) in [5.41, 5.74) is 6.56. The number of carbonyl (C=O) groups is 1. The van der Waals surface area contributed by atoms with Gasteiger partial charge in [0.05, 0.1) is 6.04 Å². The highest BCUT2D eigenvalue weighted by Gasteiger charge is 2.25. The second kappa shape index (κ2) is 4.84. The van der Waals surface area contributed by atoms with Gasteiger partial charge in [0.15, 0.2) is 0 Å². The quantitative estimate of drug-likeness (QED) is 0.720. The van der Waals surface area contributed by atoms with Crippen molar-refractivity contribution in [2.24, 2.45) is 0 Å². The van der Waals surface area contributed by atoms with Gasteiger partial charge in [-0.2, -0.15) is 0 Å². The van der Waals surface area contributed by atoms with Crippen molar-refractivity contribution in [3.05, 3.63) is 16.3 Å². The smallest absolute Gasteiger partial charge is 0.237 e. The normalized spacial score (nSPS) is 17.1. The number of thiophene rings is 1. The minimum atomic E-state index is -0.165. The Kier molecular flexibility index (Phi) is 3.46. The zero-order valence-corrected chi connectivity index (χ0v) is 10.1. The van der Waals surface area contributed by atoms with E-state index in [1.54, 1.807) is 11.3 Å². The Morgan fingerprint density at radius 1 is 1.69 bits per heavy atom. The van der Waals surface area contributed by atoms with Gasteiger partial charge in [0.25, 0.3) is 0 Å². The Hall–Kier alpha value is -1.07. The molecule has 1 aromatic heterocycles. The summed E-state index contributed by atoms with van der Waals surface area (Å²) in [5.74, 6) is 0.0811. The molecule has 16 heavy (non-hydrogen) atoms. The lowest BCUT2D eigenvalue weighted by molar-refractivity contribution is -0.122. The second-order valence-corrected chi connectivity index (χ2v) is 5.19. The number of nitrogens with two attached hydrogens (primary N) is 1. The molecule has 1 fully saturated rings. The van der Waals surface area contributed by atoms with Gasteiger partial charge in [-0.05, 0) is 31.2 Å². The third-order valence-electron chi connectivity index (χ3n) is 2.67. The van der Waals surface area contributed by atoms with Gasteiger partial charge < -0.3 is 16.4 Å². The molecule has 4 nitrogen and oxygen atoms in total. The van der Waals surface area contributed by atoms with Crippen molar-refractivity contribution in [3.8, 4) is 0 Å². The molecule has 0 spiro atoms. The molecular formula is C11H17N3OS. The van der Waals surface area contributed by atoms with E-state index in [1.807, 2.05) is 18.4 Å². The molecule has 1 heterocycles. The standard InChI is InChI=1S/C11H17N3OS/c1-7(11(15)14-8-2-3-8)13-6-10-9(12)4-5-16-10/h4-5,7-8,13H,2-3,6,12H2,1H3,(H,14,15). The first-order valence-electron chi connectivity index (χ1n) is 5.52. The van der Waals surface area contributed by atoms with Crippen molar-refractivity contribution in [1.29, 1.82) is 0 Å². The Bertz CT molecular complexity index is 373. The monoisotopic (exact) mass is 239 g/mol. The summed E-state index contributed by atoms with van der Waals surface area (Å²) in [7, 11) is 0. The van der Waals surface area contributed by atoms with Gasteiger partial charge in [0.2, 0.25) is 5.91 Å². The van der Waals surface area contributed by atoms with Gasteiger partial charge in [-0.25, -0.2) is 0 Å². The third kappa shape index (κ3) is 2.96. The molecule has 1 aromatic rings. The number of nitrogen functional groups attached to an aromatic ring is 1. The summed E-state index contributed by atoms with van der Waals surface area (Å²) < 4.78 is 0. The minimum Gasteiger partial charge on any atom is -0.398 e. The molecule has 0 aromatic carbocycles. The summed E-state index contributed by atoms with van der Waals surface area (Å²) in [5, 5.41) is 8.11. The maximum atomic E-state index is 11.6. The fourth-order valence-corrected chi connectivity index (χ4v) is 2.14. The van der Waals surface area contributed by atoms with Crippen LogP contribution in [-0.2, 0) is 11.3 Å². The first-order chi connectivity index (χ1) is 7.66. The molecule has 4 N–H and O–H groups in total. The second-order valence-electron chi connectivity index (χ2n) is 4.18. The molecule has 1 amide bonds. The van der Waals surface area contributed by atoms with Gasteiger partial charge in [0.1, 0.15) is 0 Å². The zero-order valence-electron chi connectivity index (χ0n) is 9.32. The average molecular weight is 239 g/mol. The first kappa shape index (κ1) is 11.4. The lowest BCUT2D eigenvalue weighted by atomic mass is 10.3. The summed E-state index contributed by atoms with van der Waals surface area (Å²) in [6, 6.07) is 2.14. The predicted molar refractivity (Wildman–Crippen MR) is 66.2 cm³/mol. The molecule has 2 rings (SSSR count). The Morgan fingerprint density at radius 3 is 3.00 bits per heavy atom. The van der Waals surface area contributed by atoms with Crippen LogP contribution in [0.25, 0.3) is 0 Å². The van der Waals surface area contributed by atoms with Crippen LogP contribution in [0.15, 0.2) is 11.4 Å². The first-order valence-corrected chi connectivity index (χ1v) is 6.40. The molecule has 0 bridgehead atoms. The molecule has 0 radical (unpaired) electrons. The van der Waals surface area contributed by atoms with Crippen molar-refractivity contribution in [2.45, 2.75) is 38.4 Å². The zero-order chi connectivity index (χ0) is 11.5. The van der Waals surface area contributed by atoms with Crippen LogP contribution in [0.2, 0.25) is 0 Å². The number of rotatable bonds is 5. The highest BCUT2D eigenvalue weighted by Crippen LogP contribution is 2.19. The minimum absolute atomic E-state index is 0.0811.